The third kappa shape index (κ3) is 6.89. The molecule has 0 spiro atoms. The Morgan fingerprint density at radius 2 is 1.70 bits per heavy atom. The number of nitrogens with zero attached hydrogens (tertiary/aromatic N) is 2. The maximum absolute atomic E-state index is 13.5. The third-order valence-corrected chi connectivity index (χ3v) is 6.47. The summed E-state index contributed by atoms with van der Waals surface area (Å²) in [5.41, 5.74) is 2.42. The summed E-state index contributed by atoms with van der Waals surface area (Å²) in [6.45, 7) is 4.77. The normalized spacial score (nSPS) is 12.0. The van der Waals surface area contributed by atoms with E-state index in [1.165, 1.54) is 31.0 Å². The highest BCUT2D eigenvalue weighted by molar-refractivity contribution is 7.92. The first-order valence-electron chi connectivity index (χ1n) is 10.6. The first-order chi connectivity index (χ1) is 15.5. The Labute approximate surface area is 195 Å². The number of sulfonamides is 1. The zero-order chi connectivity index (χ0) is 24.8. The van der Waals surface area contributed by atoms with Crippen LogP contribution in [-0.2, 0) is 26.2 Å². The van der Waals surface area contributed by atoms with E-state index in [0.29, 0.717) is 12.0 Å². The third-order valence-electron chi connectivity index (χ3n) is 5.33. The summed E-state index contributed by atoms with van der Waals surface area (Å²) < 4.78 is 26.1. The van der Waals surface area contributed by atoms with E-state index < -0.39 is 28.5 Å². The van der Waals surface area contributed by atoms with Crippen molar-refractivity contribution in [2.45, 2.75) is 39.8 Å². The van der Waals surface area contributed by atoms with E-state index in [1.807, 2.05) is 31.2 Å². The summed E-state index contributed by atoms with van der Waals surface area (Å²) in [6.07, 6.45) is 1.36. The number of Topliss-reactive ketones (excluding diaryl/α,β-unsaturated/α-hetero) is 1. The van der Waals surface area contributed by atoms with E-state index in [2.05, 4.69) is 5.32 Å². The Morgan fingerprint density at radius 3 is 2.21 bits per heavy atom. The summed E-state index contributed by atoms with van der Waals surface area (Å²) in [7, 11) is -2.36. The van der Waals surface area contributed by atoms with E-state index in [1.54, 1.807) is 19.1 Å². The Morgan fingerprint density at radius 1 is 1.06 bits per heavy atom. The van der Waals surface area contributed by atoms with E-state index in [0.717, 1.165) is 21.7 Å². The van der Waals surface area contributed by atoms with Crippen LogP contribution < -0.4 is 9.62 Å². The van der Waals surface area contributed by atoms with Crippen LogP contribution in [-0.4, -0.2) is 56.8 Å². The van der Waals surface area contributed by atoms with Gasteiger partial charge in [0.05, 0.1) is 11.9 Å². The molecule has 1 N–H and O–H groups in total. The molecule has 178 valence electrons. The second-order valence-corrected chi connectivity index (χ2v) is 9.83. The Bertz CT molecular complexity index is 1110. The maximum atomic E-state index is 13.5. The molecule has 2 aromatic rings. The monoisotopic (exact) mass is 473 g/mol. The summed E-state index contributed by atoms with van der Waals surface area (Å²) in [6, 6.07) is 12.9. The molecule has 0 aromatic heterocycles. The molecule has 0 radical (unpaired) electrons. The minimum atomic E-state index is -3.85. The predicted octanol–water partition coefficient (Wildman–Crippen LogP) is 2.52. The second kappa shape index (κ2) is 11.1. The number of ketones is 1. The van der Waals surface area contributed by atoms with Gasteiger partial charge in [0.1, 0.15) is 12.6 Å². The molecule has 2 aromatic carbocycles. The van der Waals surface area contributed by atoms with E-state index >= 15 is 0 Å². The minimum Gasteiger partial charge on any atom is -0.357 e. The number of carbonyl (C=O) groups is 3. The van der Waals surface area contributed by atoms with Gasteiger partial charge in [-0.1, -0.05) is 48.9 Å². The maximum Gasteiger partial charge on any atom is 0.244 e. The Balaban J connectivity index is 2.45. The number of hydrogen-bond donors (Lipinski definition) is 1. The first kappa shape index (κ1) is 26.1. The van der Waals surface area contributed by atoms with Crippen molar-refractivity contribution < 1.29 is 22.8 Å². The minimum absolute atomic E-state index is 0.149. The number of hydrogen-bond acceptors (Lipinski definition) is 5. The van der Waals surface area contributed by atoms with E-state index in [-0.39, 0.29) is 23.9 Å². The molecule has 0 saturated carbocycles. The van der Waals surface area contributed by atoms with Crippen molar-refractivity contribution in [3.8, 4) is 0 Å². The van der Waals surface area contributed by atoms with Crippen LogP contribution in [0.15, 0.2) is 48.5 Å². The van der Waals surface area contributed by atoms with Gasteiger partial charge in [0.2, 0.25) is 21.8 Å². The topological polar surface area (TPSA) is 104 Å². The van der Waals surface area contributed by atoms with Crippen LogP contribution in [0.4, 0.5) is 5.69 Å². The van der Waals surface area contributed by atoms with Gasteiger partial charge in [-0.15, -0.1) is 0 Å². The van der Waals surface area contributed by atoms with Crippen LogP contribution >= 0.6 is 0 Å². The Hall–Kier alpha value is -3.20. The van der Waals surface area contributed by atoms with E-state index in [4.69, 9.17) is 0 Å². The molecular formula is C24H31N3O5S. The first-order valence-corrected chi connectivity index (χ1v) is 12.5. The largest absolute Gasteiger partial charge is 0.357 e. The molecule has 8 nitrogen and oxygen atoms in total. The standard InChI is InChI=1S/C24H31N3O5S/c1-6-22(24(30)25-4)26(15-19-12-10-17(2)11-13-19)23(29)16-27(33(5,31)32)21-9-7-8-20(14-21)18(3)28/h7-14,22H,6,15-16H2,1-5H3,(H,25,30)/t22-/m1/s1. The lowest BCUT2D eigenvalue weighted by Crippen LogP contribution is -2.51. The van der Waals surface area contributed by atoms with Crippen LogP contribution in [0.25, 0.3) is 0 Å². The zero-order valence-corrected chi connectivity index (χ0v) is 20.5. The van der Waals surface area contributed by atoms with Crippen molar-refractivity contribution in [2.75, 3.05) is 24.2 Å². The number of rotatable bonds is 10. The average Bonchev–Trinajstić information content (AvgIpc) is 2.77. The summed E-state index contributed by atoms with van der Waals surface area (Å²) >= 11 is 0. The fourth-order valence-electron chi connectivity index (χ4n) is 3.47. The number of amides is 2. The lowest BCUT2D eigenvalue weighted by atomic mass is 10.1. The van der Waals surface area contributed by atoms with Crippen LogP contribution in [0, 0.1) is 6.92 Å². The quantitative estimate of drug-likeness (QED) is 0.534. The lowest BCUT2D eigenvalue weighted by Gasteiger charge is -2.32. The van der Waals surface area contributed by atoms with Gasteiger partial charge in [-0.3, -0.25) is 18.7 Å². The lowest BCUT2D eigenvalue weighted by molar-refractivity contribution is -0.140. The van der Waals surface area contributed by atoms with Crippen molar-refractivity contribution in [3.63, 3.8) is 0 Å². The summed E-state index contributed by atoms with van der Waals surface area (Å²) in [4.78, 5) is 39.2. The summed E-state index contributed by atoms with van der Waals surface area (Å²) in [5.74, 6) is -1.07. The van der Waals surface area contributed by atoms with Gasteiger partial charge in [-0.25, -0.2) is 8.42 Å². The van der Waals surface area contributed by atoms with Crippen LogP contribution in [0.5, 0.6) is 0 Å². The fourth-order valence-corrected chi connectivity index (χ4v) is 4.31. The van der Waals surface area contributed by atoms with Crippen LogP contribution in [0.1, 0.15) is 41.8 Å². The van der Waals surface area contributed by atoms with Gasteiger partial charge in [-0.05, 0) is 38.0 Å². The van der Waals surface area contributed by atoms with E-state index in [9.17, 15) is 22.8 Å². The molecule has 0 unspecified atom stereocenters. The molecule has 0 fully saturated rings. The number of likely N-dealkylation sites (N-methyl/N-ethyl adjacent to an activating group) is 1. The predicted molar refractivity (Wildman–Crippen MR) is 129 cm³/mol. The van der Waals surface area contributed by atoms with Crippen molar-refractivity contribution in [1.29, 1.82) is 0 Å². The average molecular weight is 474 g/mol. The van der Waals surface area contributed by atoms with Crippen molar-refractivity contribution in [3.05, 3.63) is 65.2 Å². The van der Waals surface area contributed by atoms with Gasteiger partial charge in [0, 0.05) is 19.2 Å². The van der Waals surface area contributed by atoms with Crippen LogP contribution in [0.2, 0.25) is 0 Å². The molecule has 1 atom stereocenters. The highest BCUT2D eigenvalue weighted by Gasteiger charge is 2.31. The van der Waals surface area contributed by atoms with Crippen molar-refractivity contribution in [1.82, 2.24) is 10.2 Å². The molecule has 33 heavy (non-hydrogen) atoms. The highest BCUT2D eigenvalue weighted by atomic mass is 32.2. The number of anilines is 1. The molecule has 0 aliphatic carbocycles. The number of nitrogens with one attached hydrogen (secondary N) is 1. The SMILES string of the molecule is CC[C@H](C(=O)NC)N(Cc1ccc(C)cc1)C(=O)CN(c1cccc(C(C)=O)c1)S(C)(=O)=O. The number of benzene rings is 2. The highest BCUT2D eigenvalue weighted by Crippen LogP contribution is 2.21. The second-order valence-electron chi connectivity index (χ2n) is 7.92. The van der Waals surface area contributed by atoms with Gasteiger partial charge in [-0.2, -0.15) is 0 Å². The Kier molecular flexibility index (Phi) is 8.76. The van der Waals surface area contributed by atoms with Crippen molar-refractivity contribution in [2.24, 2.45) is 0 Å². The zero-order valence-electron chi connectivity index (χ0n) is 19.7. The molecule has 2 amide bonds. The van der Waals surface area contributed by atoms with Gasteiger partial charge in [0.25, 0.3) is 0 Å². The smallest absolute Gasteiger partial charge is 0.244 e. The molecule has 9 heteroatoms. The fraction of sp³-hybridized carbons (Fsp3) is 0.375. The number of carbonyl (C=O) groups excluding carboxylic acids is 3. The molecular weight excluding hydrogens is 442 g/mol. The van der Waals surface area contributed by atoms with Crippen LogP contribution in [0.3, 0.4) is 0 Å². The van der Waals surface area contributed by atoms with Gasteiger partial charge < -0.3 is 10.2 Å². The van der Waals surface area contributed by atoms with Crippen molar-refractivity contribution >= 4 is 33.3 Å². The number of aryl methyl sites for hydroxylation is 1. The van der Waals surface area contributed by atoms with Gasteiger partial charge in [0.15, 0.2) is 5.78 Å². The summed E-state index contributed by atoms with van der Waals surface area (Å²) in [5, 5.41) is 2.58. The molecule has 0 aliphatic rings. The molecule has 0 heterocycles. The molecule has 0 saturated heterocycles. The molecule has 0 aliphatic heterocycles. The molecule has 0 bridgehead atoms. The van der Waals surface area contributed by atoms with Gasteiger partial charge >= 0.3 is 0 Å². The molecule has 2 rings (SSSR count).